The van der Waals surface area contributed by atoms with E-state index < -0.39 is 5.97 Å². The average Bonchev–Trinajstić information content (AvgIpc) is 2.40. The Labute approximate surface area is 116 Å². The first-order valence-electron chi connectivity index (χ1n) is 7.80. The normalized spacial score (nSPS) is 27.5. The summed E-state index contributed by atoms with van der Waals surface area (Å²) in [6.45, 7) is 8.99. The van der Waals surface area contributed by atoms with Crippen molar-refractivity contribution in [3.8, 4) is 0 Å². The number of hydrogen-bond donors (Lipinski definition) is 1. The van der Waals surface area contributed by atoms with Crippen LogP contribution in [0.4, 0.5) is 0 Å². The Morgan fingerprint density at radius 2 is 1.89 bits per heavy atom. The molecular weight excluding hydrogens is 240 g/mol. The van der Waals surface area contributed by atoms with Gasteiger partial charge in [-0.05, 0) is 57.2 Å². The van der Waals surface area contributed by atoms with Gasteiger partial charge in [-0.2, -0.15) is 0 Å². The van der Waals surface area contributed by atoms with Gasteiger partial charge in [0.25, 0.3) is 0 Å². The largest absolute Gasteiger partial charge is 0.481 e. The highest BCUT2D eigenvalue weighted by atomic mass is 16.4. The molecule has 110 valence electrons. The molecule has 1 atom stereocenters. The van der Waals surface area contributed by atoms with E-state index in [1.165, 1.54) is 45.3 Å². The second-order valence-corrected chi connectivity index (χ2v) is 6.44. The number of piperidine rings is 2. The molecule has 0 saturated carbocycles. The van der Waals surface area contributed by atoms with Gasteiger partial charge in [0.2, 0.25) is 0 Å². The van der Waals surface area contributed by atoms with E-state index in [4.69, 9.17) is 5.11 Å². The summed E-state index contributed by atoms with van der Waals surface area (Å²) >= 11 is 0. The van der Waals surface area contributed by atoms with E-state index in [0.29, 0.717) is 0 Å². The first-order chi connectivity index (χ1) is 9.13. The zero-order valence-corrected chi connectivity index (χ0v) is 12.2. The first-order valence-corrected chi connectivity index (χ1v) is 7.80. The van der Waals surface area contributed by atoms with E-state index in [1.807, 2.05) is 0 Å². The van der Waals surface area contributed by atoms with Gasteiger partial charge in [-0.1, -0.05) is 6.92 Å². The van der Waals surface area contributed by atoms with Gasteiger partial charge in [0.05, 0.1) is 6.42 Å². The third-order valence-corrected chi connectivity index (χ3v) is 4.64. The van der Waals surface area contributed by atoms with Crippen LogP contribution in [0.1, 0.15) is 39.0 Å². The average molecular weight is 268 g/mol. The van der Waals surface area contributed by atoms with Crippen molar-refractivity contribution in [2.45, 2.75) is 39.0 Å². The summed E-state index contributed by atoms with van der Waals surface area (Å²) in [6, 6.07) is 0. The minimum absolute atomic E-state index is 0.286. The van der Waals surface area contributed by atoms with E-state index in [1.54, 1.807) is 0 Å². The molecule has 0 unspecified atom stereocenters. The van der Waals surface area contributed by atoms with Crippen molar-refractivity contribution in [3.63, 3.8) is 0 Å². The summed E-state index contributed by atoms with van der Waals surface area (Å²) in [5.74, 6) is 0.970. The van der Waals surface area contributed by atoms with Gasteiger partial charge in [0, 0.05) is 19.6 Å². The minimum Gasteiger partial charge on any atom is -0.481 e. The maximum absolute atomic E-state index is 10.6. The van der Waals surface area contributed by atoms with Crippen molar-refractivity contribution in [1.82, 2.24) is 9.80 Å². The topological polar surface area (TPSA) is 43.8 Å². The SMILES string of the molecule is CC1CCN(C[C@H]2CCCN(CCC(=O)O)C2)CC1. The molecule has 0 aromatic rings. The number of nitrogens with zero attached hydrogens (tertiary/aromatic N) is 2. The minimum atomic E-state index is -0.674. The van der Waals surface area contributed by atoms with Crippen LogP contribution in [0.2, 0.25) is 0 Å². The van der Waals surface area contributed by atoms with E-state index in [9.17, 15) is 4.79 Å². The van der Waals surface area contributed by atoms with Crippen LogP contribution in [0, 0.1) is 11.8 Å². The Morgan fingerprint density at radius 1 is 1.16 bits per heavy atom. The molecule has 2 saturated heterocycles. The maximum Gasteiger partial charge on any atom is 0.304 e. The van der Waals surface area contributed by atoms with E-state index in [2.05, 4.69) is 16.7 Å². The molecule has 0 aromatic heterocycles. The Kier molecular flexibility index (Phi) is 5.64. The number of carboxylic acids is 1. The first kappa shape index (κ1) is 14.8. The van der Waals surface area contributed by atoms with Crippen molar-refractivity contribution in [2.24, 2.45) is 11.8 Å². The fourth-order valence-corrected chi connectivity index (χ4v) is 3.37. The van der Waals surface area contributed by atoms with Crippen LogP contribution in [0.5, 0.6) is 0 Å². The Morgan fingerprint density at radius 3 is 2.58 bits per heavy atom. The summed E-state index contributed by atoms with van der Waals surface area (Å²) in [5.41, 5.74) is 0. The van der Waals surface area contributed by atoms with Gasteiger partial charge in [0.15, 0.2) is 0 Å². The van der Waals surface area contributed by atoms with E-state index in [0.717, 1.165) is 31.5 Å². The van der Waals surface area contributed by atoms with Gasteiger partial charge >= 0.3 is 5.97 Å². The number of aliphatic carboxylic acids is 1. The standard InChI is InChI=1S/C15H28N2O2/c1-13-4-8-17(9-5-13)12-14-3-2-7-16(11-14)10-6-15(18)19/h13-14H,2-12H2,1H3,(H,18,19)/t14-/m0/s1. The molecule has 0 spiro atoms. The predicted octanol–water partition coefficient (Wildman–Crippen LogP) is 1.91. The molecule has 1 N–H and O–H groups in total. The smallest absolute Gasteiger partial charge is 0.304 e. The molecule has 2 aliphatic rings. The second-order valence-electron chi connectivity index (χ2n) is 6.44. The molecule has 0 amide bonds. The van der Waals surface area contributed by atoms with Crippen LogP contribution in [-0.2, 0) is 4.79 Å². The summed E-state index contributed by atoms with van der Waals surface area (Å²) in [5, 5.41) is 8.76. The lowest BCUT2D eigenvalue weighted by atomic mass is 9.94. The van der Waals surface area contributed by atoms with Crippen LogP contribution >= 0.6 is 0 Å². The predicted molar refractivity (Wildman–Crippen MR) is 76.3 cm³/mol. The van der Waals surface area contributed by atoms with Crippen LogP contribution in [0.3, 0.4) is 0 Å². The highest BCUT2D eigenvalue weighted by Crippen LogP contribution is 2.21. The molecule has 2 rings (SSSR count). The van der Waals surface area contributed by atoms with Crippen LogP contribution in [-0.4, -0.2) is 60.1 Å². The van der Waals surface area contributed by atoms with Gasteiger partial charge in [0.1, 0.15) is 0 Å². The molecule has 2 heterocycles. The molecule has 4 nitrogen and oxygen atoms in total. The third kappa shape index (κ3) is 5.11. The number of hydrogen-bond acceptors (Lipinski definition) is 3. The lowest BCUT2D eigenvalue weighted by Gasteiger charge is -2.37. The fourth-order valence-electron chi connectivity index (χ4n) is 3.37. The van der Waals surface area contributed by atoms with E-state index in [-0.39, 0.29) is 6.42 Å². The number of rotatable bonds is 5. The lowest BCUT2D eigenvalue weighted by Crippen LogP contribution is -2.43. The lowest BCUT2D eigenvalue weighted by molar-refractivity contribution is -0.137. The van der Waals surface area contributed by atoms with Crippen LogP contribution in [0.15, 0.2) is 0 Å². The van der Waals surface area contributed by atoms with Crippen molar-refractivity contribution in [1.29, 1.82) is 0 Å². The summed E-state index contributed by atoms with van der Waals surface area (Å²) < 4.78 is 0. The molecule has 19 heavy (non-hydrogen) atoms. The molecule has 2 fully saturated rings. The Balaban J connectivity index is 1.70. The molecule has 0 bridgehead atoms. The second kappa shape index (κ2) is 7.25. The van der Waals surface area contributed by atoms with Gasteiger partial charge in [-0.3, -0.25) is 4.79 Å². The van der Waals surface area contributed by atoms with Crippen molar-refractivity contribution in [3.05, 3.63) is 0 Å². The molecule has 4 heteroatoms. The highest BCUT2D eigenvalue weighted by Gasteiger charge is 2.24. The number of carbonyl (C=O) groups is 1. The van der Waals surface area contributed by atoms with Crippen molar-refractivity contribution in [2.75, 3.05) is 39.3 Å². The third-order valence-electron chi connectivity index (χ3n) is 4.64. The summed E-state index contributed by atoms with van der Waals surface area (Å²) in [7, 11) is 0. The van der Waals surface area contributed by atoms with Crippen molar-refractivity contribution >= 4 is 5.97 Å². The summed E-state index contributed by atoms with van der Waals surface area (Å²) in [4.78, 5) is 15.6. The van der Waals surface area contributed by atoms with Gasteiger partial charge in [-0.25, -0.2) is 0 Å². The molecule has 0 radical (unpaired) electrons. The number of carboxylic acid groups (broad SMARTS) is 1. The number of likely N-dealkylation sites (tertiary alicyclic amines) is 2. The van der Waals surface area contributed by atoms with Gasteiger partial charge in [-0.15, -0.1) is 0 Å². The summed E-state index contributed by atoms with van der Waals surface area (Å²) in [6.07, 6.45) is 5.52. The maximum atomic E-state index is 10.6. The molecule has 0 aromatic carbocycles. The zero-order valence-electron chi connectivity index (χ0n) is 12.2. The van der Waals surface area contributed by atoms with E-state index >= 15 is 0 Å². The monoisotopic (exact) mass is 268 g/mol. The Hall–Kier alpha value is -0.610. The Bertz CT molecular complexity index is 288. The molecule has 0 aliphatic carbocycles. The van der Waals surface area contributed by atoms with Crippen molar-refractivity contribution < 1.29 is 9.90 Å². The molecular formula is C15H28N2O2. The van der Waals surface area contributed by atoms with Gasteiger partial charge < -0.3 is 14.9 Å². The highest BCUT2D eigenvalue weighted by molar-refractivity contribution is 5.66. The van der Waals surface area contributed by atoms with Crippen LogP contribution < -0.4 is 0 Å². The fraction of sp³-hybridized carbons (Fsp3) is 0.933. The quantitative estimate of drug-likeness (QED) is 0.827. The zero-order chi connectivity index (χ0) is 13.7. The molecule has 2 aliphatic heterocycles. The van der Waals surface area contributed by atoms with Crippen LogP contribution in [0.25, 0.3) is 0 Å².